The monoisotopic (exact) mass is 293 g/mol. The van der Waals surface area contributed by atoms with Gasteiger partial charge in [-0.05, 0) is 60.0 Å². The quantitative estimate of drug-likeness (QED) is 0.683. The minimum Gasteiger partial charge on any atom is -0.508 e. The smallest absolute Gasteiger partial charge is 0.115 e. The van der Waals surface area contributed by atoms with Gasteiger partial charge in [0.15, 0.2) is 0 Å². The second-order valence-corrected chi connectivity index (χ2v) is 5.64. The van der Waals surface area contributed by atoms with Gasteiger partial charge in [0.25, 0.3) is 0 Å². The van der Waals surface area contributed by atoms with Crippen LogP contribution < -0.4 is 0 Å². The highest BCUT2D eigenvalue weighted by Gasteiger charge is 2.05. The highest BCUT2D eigenvalue weighted by Crippen LogP contribution is 2.20. The molecule has 0 aliphatic carbocycles. The van der Waals surface area contributed by atoms with Crippen molar-refractivity contribution in [2.75, 3.05) is 0 Å². The van der Waals surface area contributed by atoms with Crippen LogP contribution in [0.1, 0.15) is 28.1 Å². The maximum Gasteiger partial charge on any atom is 0.115 e. The Morgan fingerprint density at radius 3 is 2.27 bits per heavy atom. The fourth-order valence-corrected chi connectivity index (χ4v) is 2.67. The number of aryl methyl sites for hydroxylation is 1. The van der Waals surface area contributed by atoms with Crippen molar-refractivity contribution < 1.29 is 10.2 Å². The van der Waals surface area contributed by atoms with Crippen LogP contribution in [-0.2, 0) is 12.8 Å². The van der Waals surface area contributed by atoms with Gasteiger partial charge >= 0.3 is 0 Å². The summed E-state index contributed by atoms with van der Waals surface area (Å²) >= 11 is 0. The van der Waals surface area contributed by atoms with E-state index in [4.69, 9.17) is 0 Å². The number of phenols is 2. The lowest BCUT2D eigenvalue weighted by Crippen LogP contribution is -1.93. The summed E-state index contributed by atoms with van der Waals surface area (Å²) < 4.78 is 0. The first-order valence-electron chi connectivity index (χ1n) is 7.33. The number of aromatic hydroxyl groups is 2. The summed E-state index contributed by atoms with van der Waals surface area (Å²) in [6.45, 7) is 2.01. The largest absolute Gasteiger partial charge is 0.508 e. The number of H-pyrrole nitrogens is 1. The molecule has 3 N–H and O–H groups in total. The molecule has 0 saturated heterocycles. The molecule has 0 atom stereocenters. The minimum absolute atomic E-state index is 0.295. The number of aromatic amines is 1. The molecule has 1 aromatic heterocycles. The summed E-state index contributed by atoms with van der Waals surface area (Å²) in [5.74, 6) is 0.598. The van der Waals surface area contributed by atoms with E-state index in [0.717, 1.165) is 35.4 Å². The van der Waals surface area contributed by atoms with Gasteiger partial charge < -0.3 is 15.2 Å². The van der Waals surface area contributed by atoms with Crippen molar-refractivity contribution in [2.45, 2.75) is 19.8 Å². The highest BCUT2D eigenvalue weighted by atomic mass is 16.3. The van der Waals surface area contributed by atoms with Crippen LogP contribution in [0.25, 0.3) is 0 Å². The van der Waals surface area contributed by atoms with Gasteiger partial charge in [-0.15, -0.1) is 0 Å². The first-order chi connectivity index (χ1) is 10.6. The second kappa shape index (κ2) is 5.98. The molecule has 0 bridgehead atoms. The minimum atomic E-state index is 0.295. The highest BCUT2D eigenvalue weighted by molar-refractivity contribution is 5.37. The van der Waals surface area contributed by atoms with E-state index in [2.05, 4.69) is 17.1 Å². The van der Waals surface area contributed by atoms with E-state index in [0.29, 0.717) is 11.5 Å². The van der Waals surface area contributed by atoms with Crippen LogP contribution in [0.5, 0.6) is 11.5 Å². The lowest BCUT2D eigenvalue weighted by molar-refractivity contribution is 0.474. The maximum absolute atomic E-state index is 9.51. The van der Waals surface area contributed by atoms with Gasteiger partial charge in [-0.3, -0.25) is 0 Å². The summed E-state index contributed by atoms with van der Waals surface area (Å²) in [7, 11) is 0. The van der Waals surface area contributed by atoms with E-state index in [1.54, 1.807) is 24.3 Å². The lowest BCUT2D eigenvalue weighted by atomic mass is 10.0. The van der Waals surface area contributed by atoms with Gasteiger partial charge in [0.1, 0.15) is 11.5 Å². The molecule has 3 heteroatoms. The third-order valence-corrected chi connectivity index (χ3v) is 3.82. The fraction of sp³-hybridized carbons (Fsp3) is 0.158. The van der Waals surface area contributed by atoms with Gasteiger partial charge in [0, 0.05) is 24.2 Å². The molecule has 0 fully saturated rings. The Labute approximate surface area is 129 Å². The molecular formula is C19H19NO2. The van der Waals surface area contributed by atoms with Crippen LogP contribution in [0, 0.1) is 6.92 Å². The predicted molar refractivity (Wildman–Crippen MR) is 87.4 cm³/mol. The number of rotatable bonds is 4. The first-order valence-corrected chi connectivity index (χ1v) is 7.33. The van der Waals surface area contributed by atoms with E-state index in [-0.39, 0.29) is 0 Å². The Bertz CT molecular complexity index is 790. The third kappa shape index (κ3) is 3.31. The normalized spacial score (nSPS) is 10.8. The topological polar surface area (TPSA) is 56.2 Å². The lowest BCUT2D eigenvalue weighted by Gasteiger charge is -2.05. The van der Waals surface area contributed by atoms with Gasteiger partial charge in [-0.2, -0.15) is 0 Å². The average molecular weight is 293 g/mol. The molecule has 22 heavy (non-hydrogen) atoms. The van der Waals surface area contributed by atoms with Crippen molar-refractivity contribution in [1.82, 2.24) is 4.98 Å². The van der Waals surface area contributed by atoms with Crippen molar-refractivity contribution in [1.29, 1.82) is 0 Å². The van der Waals surface area contributed by atoms with Crippen LogP contribution in [-0.4, -0.2) is 15.2 Å². The number of aromatic nitrogens is 1. The number of hydrogen-bond donors (Lipinski definition) is 3. The molecular weight excluding hydrogens is 274 g/mol. The molecule has 3 nitrogen and oxygen atoms in total. The van der Waals surface area contributed by atoms with E-state index < -0.39 is 0 Å². The Morgan fingerprint density at radius 2 is 1.55 bits per heavy atom. The number of benzene rings is 2. The molecule has 0 spiro atoms. The standard InChI is InChI=1S/C19H19NO2/c1-13-9-19(22)8-5-15(13)12-17-7-6-16(20-17)10-14-3-2-4-18(21)11-14/h2-9,11,20-22H,10,12H2,1H3. The third-order valence-electron chi connectivity index (χ3n) is 3.82. The average Bonchev–Trinajstić information content (AvgIpc) is 2.89. The Hall–Kier alpha value is -2.68. The zero-order valence-corrected chi connectivity index (χ0v) is 12.5. The summed E-state index contributed by atoms with van der Waals surface area (Å²) in [4.78, 5) is 3.43. The Balaban J connectivity index is 1.73. The zero-order valence-electron chi connectivity index (χ0n) is 12.5. The molecule has 0 aliphatic rings. The van der Waals surface area contributed by atoms with Crippen molar-refractivity contribution in [3.05, 3.63) is 82.7 Å². The van der Waals surface area contributed by atoms with Gasteiger partial charge in [0.05, 0.1) is 0 Å². The van der Waals surface area contributed by atoms with Crippen molar-refractivity contribution in [2.24, 2.45) is 0 Å². The van der Waals surface area contributed by atoms with Crippen molar-refractivity contribution in [3.63, 3.8) is 0 Å². The number of phenolic OH excluding ortho intramolecular Hbond substituents is 2. The van der Waals surface area contributed by atoms with Crippen molar-refractivity contribution in [3.8, 4) is 11.5 Å². The molecule has 3 aromatic rings. The number of nitrogens with one attached hydrogen (secondary N) is 1. The van der Waals surface area contributed by atoms with Crippen LogP contribution in [0.4, 0.5) is 0 Å². The molecule has 0 unspecified atom stereocenters. The van der Waals surface area contributed by atoms with Crippen molar-refractivity contribution >= 4 is 0 Å². The Morgan fingerprint density at radius 1 is 0.818 bits per heavy atom. The van der Waals surface area contributed by atoms with Gasteiger partial charge in [0.2, 0.25) is 0 Å². The molecule has 0 radical (unpaired) electrons. The second-order valence-electron chi connectivity index (χ2n) is 5.64. The van der Waals surface area contributed by atoms with E-state index in [1.165, 1.54) is 5.56 Å². The maximum atomic E-state index is 9.51. The molecule has 0 amide bonds. The SMILES string of the molecule is Cc1cc(O)ccc1Cc1ccc(Cc2cccc(O)c2)[nH]1. The number of hydrogen-bond acceptors (Lipinski definition) is 2. The predicted octanol–water partition coefficient (Wildman–Crippen LogP) is 3.92. The molecule has 0 aliphatic heterocycles. The molecule has 0 saturated carbocycles. The molecule has 2 aromatic carbocycles. The summed E-state index contributed by atoms with van der Waals surface area (Å²) in [5, 5.41) is 19.0. The molecule has 3 rings (SSSR count). The summed E-state index contributed by atoms with van der Waals surface area (Å²) in [5.41, 5.74) is 5.63. The molecule has 112 valence electrons. The summed E-state index contributed by atoms with van der Waals surface area (Å²) in [6, 6.07) is 16.9. The van der Waals surface area contributed by atoms with Crippen LogP contribution in [0.2, 0.25) is 0 Å². The Kier molecular flexibility index (Phi) is 3.88. The van der Waals surface area contributed by atoms with E-state index >= 15 is 0 Å². The van der Waals surface area contributed by atoms with Crippen LogP contribution >= 0.6 is 0 Å². The van der Waals surface area contributed by atoms with Crippen LogP contribution in [0.15, 0.2) is 54.6 Å². The van der Waals surface area contributed by atoms with Gasteiger partial charge in [-0.25, -0.2) is 0 Å². The zero-order chi connectivity index (χ0) is 15.5. The first kappa shape index (κ1) is 14.3. The van der Waals surface area contributed by atoms with Gasteiger partial charge in [-0.1, -0.05) is 18.2 Å². The summed E-state index contributed by atoms with van der Waals surface area (Å²) in [6.07, 6.45) is 1.58. The van der Waals surface area contributed by atoms with Crippen LogP contribution in [0.3, 0.4) is 0 Å². The fourth-order valence-electron chi connectivity index (χ4n) is 2.67. The van der Waals surface area contributed by atoms with E-state index in [9.17, 15) is 10.2 Å². The molecule has 1 heterocycles. The van der Waals surface area contributed by atoms with E-state index in [1.807, 2.05) is 25.1 Å².